The number of nitriles is 1. The molecule has 0 fully saturated rings. The molecule has 0 amide bonds. The molecule has 0 saturated heterocycles. The van der Waals surface area contributed by atoms with Crippen LogP contribution in [0.1, 0.15) is 58.3 Å². The number of carbonyl (C=O) groups excluding carboxylic acids is 2. The van der Waals surface area contributed by atoms with Crippen LogP contribution < -0.4 is 0 Å². The van der Waals surface area contributed by atoms with Gasteiger partial charge < -0.3 is 4.74 Å². The van der Waals surface area contributed by atoms with Gasteiger partial charge in [0.2, 0.25) is 0 Å². The summed E-state index contributed by atoms with van der Waals surface area (Å²) in [6.45, 7) is 5.13. The van der Waals surface area contributed by atoms with Crippen molar-refractivity contribution in [3.8, 4) is 6.07 Å². The molecular weight excluding hydrogens is 385 g/mol. The van der Waals surface area contributed by atoms with Crippen molar-refractivity contribution in [1.82, 2.24) is 9.88 Å². The second-order valence-electron chi connectivity index (χ2n) is 6.92. The summed E-state index contributed by atoms with van der Waals surface area (Å²) in [6.07, 6.45) is 3.76. The van der Waals surface area contributed by atoms with Crippen molar-refractivity contribution in [1.29, 1.82) is 5.26 Å². The molecule has 0 bridgehead atoms. The van der Waals surface area contributed by atoms with Crippen LogP contribution in [0.3, 0.4) is 0 Å². The molecule has 1 aromatic heterocycles. The minimum absolute atomic E-state index is 0.0248. The summed E-state index contributed by atoms with van der Waals surface area (Å²) in [5, 5.41) is 8.95. The van der Waals surface area contributed by atoms with Gasteiger partial charge in [-0.25, -0.2) is 4.39 Å². The maximum absolute atomic E-state index is 15.3. The van der Waals surface area contributed by atoms with Gasteiger partial charge in [0.25, 0.3) is 0 Å². The van der Waals surface area contributed by atoms with E-state index in [1.807, 2.05) is 6.07 Å². The van der Waals surface area contributed by atoms with Crippen LogP contribution in [0, 0.1) is 17.1 Å². The molecule has 30 heavy (non-hydrogen) atoms. The topological polar surface area (TPSA) is 83.3 Å². The fraction of sp³-hybridized carbons (Fsp3) is 0.304. The van der Waals surface area contributed by atoms with Gasteiger partial charge in [-0.1, -0.05) is 6.08 Å². The Morgan fingerprint density at radius 3 is 2.53 bits per heavy atom. The molecule has 0 N–H and O–H groups in total. The summed E-state index contributed by atoms with van der Waals surface area (Å²) in [6, 6.07) is 7.86. The Morgan fingerprint density at radius 1 is 1.37 bits per heavy atom. The van der Waals surface area contributed by atoms with E-state index < -0.39 is 11.5 Å². The van der Waals surface area contributed by atoms with E-state index in [4.69, 9.17) is 10.00 Å². The number of pyridine rings is 1. The van der Waals surface area contributed by atoms with Gasteiger partial charge in [-0.2, -0.15) is 5.26 Å². The number of ketones is 1. The average Bonchev–Trinajstić information content (AvgIpc) is 2.75. The Hall–Kier alpha value is -3.21. The molecular formula is C23H24FN3O3. The van der Waals surface area contributed by atoms with Crippen molar-refractivity contribution >= 4 is 12.1 Å². The summed E-state index contributed by atoms with van der Waals surface area (Å²) in [5.41, 5.74) is 0.463. The standard InChI is InChI=1S/C23H24FN3O3/c1-6-15(2)23(30-5,27(4)13-20-8-7-17(11-25)12-26-20)22-19(14-28)9-18(16(3)29)10-21(22)24/h6-10,12,14H,13H2,1-5H3/b15-6+. The molecule has 156 valence electrons. The van der Waals surface area contributed by atoms with Crippen LogP contribution in [0.4, 0.5) is 4.39 Å². The predicted octanol–water partition coefficient (Wildman–Crippen LogP) is 4.00. The smallest absolute Gasteiger partial charge is 0.172 e. The van der Waals surface area contributed by atoms with Gasteiger partial charge in [-0.3, -0.25) is 19.5 Å². The largest absolute Gasteiger partial charge is 0.355 e. The summed E-state index contributed by atoms with van der Waals surface area (Å²) < 4.78 is 21.2. The third-order valence-corrected chi connectivity index (χ3v) is 5.15. The molecule has 1 aromatic carbocycles. The quantitative estimate of drug-likeness (QED) is 0.284. The second-order valence-corrected chi connectivity index (χ2v) is 6.92. The first-order chi connectivity index (χ1) is 14.2. The lowest BCUT2D eigenvalue weighted by Gasteiger charge is -2.42. The van der Waals surface area contributed by atoms with Crippen molar-refractivity contribution in [2.75, 3.05) is 14.2 Å². The van der Waals surface area contributed by atoms with E-state index in [9.17, 15) is 9.59 Å². The number of likely N-dealkylation sites (N-methyl/N-ethyl adjacent to an activating group) is 1. The first-order valence-corrected chi connectivity index (χ1v) is 9.30. The number of Topliss-reactive ketones (excluding diaryl/α,β-unsaturated/α-hetero) is 1. The van der Waals surface area contributed by atoms with Gasteiger partial charge in [0.1, 0.15) is 11.9 Å². The number of benzene rings is 1. The molecule has 1 heterocycles. The van der Waals surface area contributed by atoms with E-state index in [1.165, 1.54) is 26.3 Å². The van der Waals surface area contributed by atoms with E-state index in [-0.39, 0.29) is 29.0 Å². The van der Waals surface area contributed by atoms with Crippen LogP contribution in [0.25, 0.3) is 0 Å². The lowest BCUT2D eigenvalue weighted by atomic mass is 9.87. The molecule has 0 aliphatic rings. The predicted molar refractivity (Wildman–Crippen MR) is 110 cm³/mol. The third-order valence-electron chi connectivity index (χ3n) is 5.15. The van der Waals surface area contributed by atoms with Gasteiger partial charge in [-0.05, 0) is 57.7 Å². The lowest BCUT2D eigenvalue weighted by molar-refractivity contribution is -0.110. The van der Waals surface area contributed by atoms with Gasteiger partial charge >= 0.3 is 0 Å². The lowest BCUT2D eigenvalue weighted by Crippen LogP contribution is -2.47. The van der Waals surface area contributed by atoms with Gasteiger partial charge in [0.15, 0.2) is 17.8 Å². The van der Waals surface area contributed by atoms with E-state index >= 15 is 4.39 Å². The number of nitrogens with zero attached hydrogens (tertiary/aromatic N) is 3. The fourth-order valence-corrected chi connectivity index (χ4v) is 3.52. The molecule has 0 aliphatic heterocycles. The SMILES string of the molecule is C/C=C(\C)C(OC)(c1c(F)cc(C(C)=O)cc1C=O)N(C)Cc1ccc(C#N)cn1. The number of halogens is 1. The normalized spacial score (nSPS) is 13.6. The van der Waals surface area contributed by atoms with Gasteiger partial charge in [0.05, 0.1) is 11.3 Å². The Kier molecular flexibility index (Phi) is 7.33. The number of allylic oxidation sites excluding steroid dienone is 1. The zero-order valence-electron chi connectivity index (χ0n) is 17.7. The molecule has 0 saturated carbocycles. The Bertz CT molecular complexity index is 1030. The van der Waals surface area contributed by atoms with Crippen molar-refractivity contribution < 1.29 is 18.7 Å². The number of carbonyl (C=O) groups is 2. The number of ether oxygens (including phenoxy) is 1. The monoisotopic (exact) mass is 409 g/mol. The maximum Gasteiger partial charge on any atom is 0.172 e. The zero-order chi connectivity index (χ0) is 22.5. The first-order valence-electron chi connectivity index (χ1n) is 9.30. The maximum atomic E-state index is 15.3. The van der Waals surface area contributed by atoms with E-state index in [0.29, 0.717) is 23.1 Å². The molecule has 7 heteroatoms. The van der Waals surface area contributed by atoms with Gasteiger partial charge in [-0.15, -0.1) is 0 Å². The molecule has 2 rings (SSSR count). The van der Waals surface area contributed by atoms with Gasteiger partial charge in [0, 0.05) is 36.5 Å². The van der Waals surface area contributed by atoms with E-state index in [0.717, 1.165) is 6.07 Å². The van der Waals surface area contributed by atoms with Crippen LogP contribution in [-0.4, -0.2) is 36.1 Å². The summed E-state index contributed by atoms with van der Waals surface area (Å²) >= 11 is 0. The molecule has 0 radical (unpaired) electrons. The Labute approximate surface area is 175 Å². The number of hydrogen-bond acceptors (Lipinski definition) is 6. The molecule has 6 nitrogen and oxygen atoms in total. The van der Waals surface area contributed by atoms with Crippen LogP contribution in [0.15, 0.2) is 42.1 Å². The van der Waals surface area contributed by atoms with Crippen LogP contribution in [0.2, 0.25) is 0 Å². The summed E-state index contributed by atoms with van der Waals surface area (Å²) in [5.74, 6) is -1.06. The van der Waals surface area contributed by atoms with Crippen molar-refractivity contribution in [2.24, 2.45) is 0 Å². The number of aromatic nitrogens is 1. The average molecular weight is 409 g/mol. The number of methoxy groups -OCH3 is 1. The van der Waals surface area contributed by atoms with Crippen LogP contribution in [-0.2, 0) is 17.0 Å². The third kappa shape index (κ3) is 4.20. The highest BCUT2D eigenvalue weighted by molar-refractivity contribution is 5.96. The Balaban J connectivity index is 2.69. The number of aldehydes is 1. The number of hydrogen-bond donors (Lipinski definition) is 0. The first kappa shape index (κ1) is 23.1. The molecule has 1 unspecified atom stereocenters. The van der Waals surface area contributed by atoms with Crippen LogP contribution in [0.5, 0.6) is 0 Å². The second kappa shape index (κ2) is 9.53. The highest BCUT2D eigenvalue weighted by Gasteiger charge is 2.43. The minimum Gasteiger partial charge on any atom is -0.355 e. The van der Waals surface area contributed by atoms with E-state index in [1.54, 1.807) is 44.0 Å². The van der Waals surface area contributed by atoms with Crippen molar-refractivity contribution in [3.63, 3.8) is 0 Å². The fourth-order valence-electron chi connectivity index (χ4n) is 3.52. The van der Waals surface area contributed by atoms with Crippen molar-refractivity contribution in [3.05, 3.63) is 75.9 Å². The van der Waals surface area contributed by atoms with E-state index in [2.05, 4.69) is 4.98 Å². The summed E-state index contributed by atoms with van der Waals surface area (Å²) in [4.78, 5) is 29.6. The summed E-state index contributed by atoms with van der Waals surface area (Å²) in [7, 11) is 3.16. The molecule has 2 aromatic rings. The highest BCUT2D eigenvalue weighted by Crippen LogP contribution is 2.40. The minimum atomic E-state index is -1.42. The molecule has 1 atom stereocenters. The molecule has 0 spiro atoms. The van der Waals surface area contributed by atoms with Crippen LogP contribution >= 0.6 is 0 Å². The Morgan fingerprint density at radius 2 is 2.07 bits per heavy atom. The van der Waals surface area contributed by atoms with Crippen molar-refractivity contribution in [2.45, 2.75) is 33.0 Å². The molecule has 0 aliphatic carbocycles. The zero-order valence-corrected chi connectivity index (χ0v) is 17.7. The highest BCUT2D eigenvalue weighted by atomic mass is 19.1. The number of rotatable bonds is 8.